The minimum absolute atomic E-state index is 0.0205. The zero-order valence-electron chi connectivity index (χ0n) is 38.7. The maximum atomic E-state index is 14.4. The third-order valence-corrected chi connectivity index (χ3v) is 14.1. The average Bonchev–Trinajstić information content (AvgIpc) is 4.20. The lowest BCUT2D eigenvalue weighted by molar-refractivity contribution is -0.141. The second kappa shape index (κ2) is 21.2. The summed E-state index contributed by atoms with van der Waals surface area (Å²) in [6.45, 7) is 6.54. The fraction of sp³-hybridized carbons (Fsp3) is 0.382. The van der Waals surface area contributed by atoms with Gasteiger partial charge in [0, 0.05) is 62.9 Å². The van der Waals surface area contributed by atoms with Crippen molar-refractivity contribution in [1.82, 2.24) is 19.6 Å². The van der Waals surface area contributed by atoms with Crippen LogP contribution in [0.1, 0.15) is 79.8 Å². The lowest BCUT2D eigenvalue weighted by Crippen LogP contribution is -2.48. The number of nitrogens with one attached hydrogen (secondary N) is 2. The summed E-state index contributed by atoms with van der Waals surface area (Å²) in [5.74, 6) is -0.477. The number of likely N-dealkylation sites (tertiary alicyclic amines) is 4. The van der Waals surface area contributed by atoms with Gasteiger partial charge < -0.3 is 25.3 Å². The van der Waals surface area contributed by atoms with Crippen LogP contribution in [0.25, 0.3) is 0 Å². The van der Waals surface area contributed by atoms with Crippen molar-refractivity contribution in [2.24, 2.45) is 5.92 Å². The summed E-state index contributed by atoms with van der Waals surface area (Å²) in [6.07, 6.45) is 3.04. The first-order valence-corrected chi connectivity index (χ1v) is 24.2. The van der Waals surface area contributed by atoms with E-state index in [1.165, 1.54) is 12.1 Å². The molecule has 6 unspecified atom stereocenters. The van der Waals surface area contributed by atoms with Crippen LogP contribution in [0.5, 0.6) is 0 Å². The molecule has 9 rings (SSSR count). The van der Waals surface area contributed by atoms with E-state index in [1.54, 1.807) is 21.9 Å². The molecule has 0 aliphatic carbocycles. The molecule has 6 atom stereocenters. The maximum Gasteiger partial charge on any atom is 0.247 e. The summed E-state index contributed by atoms with van der Waals surface area (Å²) in [4.78, 5) is 65.9. The number of rotatable bonds is 15. The van der Waals surface area contributed by atoms with Crippen molar-refractivity contribution in [2.45, 2.75) is 88.9 Å². The first kappa shape index (κ1) is 46.7. The molecule has 0 radical (unpaired) electrons. The number of halogens is 2. The van der Waals surface area contributed by atoms with E-state index in [1.807, 2.05) is 114 Å². The Labute approximate surface area is 398 Å². The molecule has 5 aromatic carbocycles. The Morgan fingerprint density at radius 2 is 1.03 bits per heavy atom. The van der Waals surface area contributed by atoms with Crippen LogP contribution in [0, 0.1) is 11.7 Å². The molecule has 68 heavy (non-hydrogen) atoms. The van der Waals surface area contributed by atoms with Gasteiger partial charge in [-0.2, -0.15) is 0 Å². The Morgan fingerprint density at radius 1 is 0.574 bits per heavy atom. The van der Waals surface area contributed by atoms with E-state index in [9.17, 15) is 28.0 Å². The van der Waals surface area contributed by atoms with Crippen molar-refractivity contribution in [3.63, 3.8) is 0 Å². The number of amides is 4. The highest BCUT2D eigenvalue weighted by Gasteiger charge is 2.43. The monoisotopic (exact) mass is 921 g/mol. The average molecular weight is 922 g/mol. The molecule has 354 valence electrons. The van der Waals surface area contributed by atoms with Gasteiger partial charge in [-0.25, -0.2) is 8.78 Å². The Bertz CT molecular complexity index is 2360. The van der Waals surface area contributed by atoms with Crippen LogP contribution in [0.3, 0.4) is 0 Å². The Hall–Kier alpha value is -6.44. The van der Waals surface area contributed by atoms with Crippen molar-refractivity contribution in [2.75, 3.05) is 54.8 Å². The van der Waals surface area contributed by atoms with Gasteiger partial charge in [0.15, 0.2) is 0 Å². The molecule has 0 bridgehead atoms. The lowest BCUT2D eigenvalue weighted by Gasteiger charge is -2.33. The van der Waals surface area contributed by atoms with Crippen LogP contribution < -0.4 is 15.5 Å². The van der Waals surface area contributed by atoms with Crippen LogP contribution in [-0.2, 0) is 32.3 Å². The normalized spacial score (nSPS) is 21.7. The Morgan fingerprint density at radius 3 is 1.46 bits per heavy atom. The first-order valence-electron chi connectivity index (χ1n) is 24.2. The predicted octanol–water partition coefficient (Wildman–Crippen LogP) is 8.76. The number of carbonyl (C=O) groups excluding carboxylic acids is 4. The third kappa shape index (κ3) is 10.8. The molecule has 0 spiro atoms. The van der Waals surface area contributed by atoms with E-state index in [0.29, 0.717) is 75.7 Å². The molecule has 0 saturated carbocycles. The van der Waals surface area contributed by atoms with Gasteiger partial charge in [-0.15, -0.1) is 0 Å². The molecule has 4 saturated heterocycles. The summed E-state index contributed by atoms with van der Waals surface area (Å²) < 4.78 is 28.5. The van der Waals surface area contributed by atoms with Gasteiger partial charge in [0.2, 0.25) is 23.6 Å². The smallest absolute Gasteiger partial charge is 0.247 e. The maximum absolute atomic E-state index is 14.4. The van der Waals surface area contributed by atoms with E-state index in [-0.39, 0.29) is 36.0 Å². The zero-order chi connectivity index (χ0) is 47.1. The molecule has 13 heteroatoms. The zero-order valence-corrected chi connectivity index (χ0v) is 38.7. The topological polar surface area (TPSA) is 109 Å². The molecule has 4 aliphatic rings. The van der Waals surface area contributed by atoms with Gasteiger partial charge in [0.1, 0.15) is 36.2 Å². The van der Waals surface area contributed by atoms with E-state index < -0.39 is 30.3 Å². The lowest BCUT2D eigenvalue weighted by atomic mass is 10.0. The van der Waals surface area contributed by atoms with E-state index in [4.69, 9.17) is 0 Å². The second-order valence-corrected chi connectivity index (χ2v) is 19.0. The van der Waals surface area contributed by atoms with Gasteiger partial charge in [-0.1, -0.05) is 91.9 Å². The third-order valence-electron chi connectivity index (χ3n) is 14.1. The van der Waals surface area contributed by atoms with E-state index >= 15 is 0 Å². The van der Waals surface area contributed by atoms with E-state index in [0.717, 1.165) is 53.9 Å². The van der Waals surface area contributed by atoms with Gasteiger partial charge in [-0.05, 0) is 122 Å². The predicted molar refractivity (Wildman–Crippen MR) is 261 cm³/mol. The molecule has 5 aromatic rings. The fourth-order valence-corrected chi connectivity index (χ4v) is 10.6. The second-order valence-electron chi connectivity index (χ2n) is 19.0. The van der Waals surface area contributed by atoms with Crippen molar-refractivity contribution in [3.05, 3.63) is 162 Å². The first-order chi connectivity index (χ1) is 33.1. The van der Waals surface area contributed by atoms with Crippen LogP contribution in [-0.4, -0.2) is 101 Å². The molecule has 4 aliphatic heterocycles. The highest BCUT2D eigenvalue weighted by atomic mass is 19.1. The van der Waals surface area contributed by atoms with Crippen LogP contribution >= 0.6 is 0 Å². The highest BCUT2D eigenvalue weighted by Crippen LogP contribution is 2.34. The largest absolute Gasteiger partial charge is 0.363 e. The molecule has 2 N–H and O–H groups in total. The van der Waals surface area contributed by atoms with Crippen LogP contribution in [0.15, 0.2) is 133 Å². The molecule has 4 amide bonds. The molecular weight excluding hydrogens is 861 g/mol. The number of benzene rings is 5. The van der Waals surface area contributed by atoms with E-state index in [2.05, 4.69) is 27.4 Å². The molecule has 4 fully saturated rings. The van der Waals surface area contributed by atoms with Gasteiger partial charge in [0.25, 0.3) is 0 Å². The molecule has 11 nitrogen and oxygen atoms in total. The Kier molecular flexibility index (Phi) is 14.6. The number of hydrogen-bond donors (Lipinski definition) is 2. The van der Waals surface area contributed by atoms with Gasteiger partial charge >= 0.3 is 0 Å². The summed E-state index contributed by atoms with van der Waals surface area (Å²) in [7, 11) is 0. The highest BCUT2D eigenvalue weighted by molar-refractivity contribution is 5.99. The van der Waals surface area contributed by atoms with Crippen molar-refractivity contribution >= 4 is 40.7 Å². The van der Waals surface area contributed by atoms with Crippen molar-refractivity contribution in [3.8, 4) is 0 Å². The summed E-state index contributed by atoms with van der Waals surface area (Å²) >= 11 is 0. The summed E-state index contributed by atoms with van der Waals surface area (Å²) in [5, 5.41) is 6.12. The van der Waals surface area contributed by atoms with Crippen LogP contribution in [0.4, 0.5) is 25.8 Å². The van der Waals surface area contributed by atoms with Crippen molar-refractivity contribution < 1.29 is 28.0 Å². The van der Waals surface area contributed by atoms with Crippen molar-refractivity contribution in [1.29, 1.82) is 0 Å². The molecule has 4 heterocycles. The van der Waals surface area contributed by atoms with Crippen LogP contribution in [0.2, 0.25) is 0 Å². The SMILES string of the molecule is CC1CCN(C(C(=O)N2CCCC2C(=O)Nc2ccc(CN(Cc3ccc(NC(=O)C4CCCN4C(=O)C(c4ccccc4)N4CCC(F)C4)cc3)c3ccc(F)cc3)cc2)c2ccccc2)C1. The minimum Gasteiger partial charge on any atom is -0.363 e. The number of anilines is 3. The summed E-state index contributed by atoms with van der Waals surface area (Å²) in [6, 6.07) is 38.7. The molecule has 0 aromatic heterocycles. The van der Waals surface area contributed by atoms with Gasteiger partial charge in [0.05, 0.1) is 0 Å². The fourth-order valence-electron chi connectivity index (χ4n) is 10.6. The number of carbonyl (C=O) groups is 4. The molecular formula is C55H61F2N7O4. The number of hydrogen-bond acceptors (Lipinski definition) is 7. The quantitative estimate of drug-likeness (QED) is 0.108. The standard InChI is InChI=1S/C55H61F2N7O4/c1-38-28-32-60(34-38)50(41-10-4-2-5-11-41)54(67)63-30-8-14-48(63)52(65)58-45-22-16-39(17-23-45)35-62(47-26-20-43(56)21-27-47)36-40-18-24-46(25-19-40)59-53(66)49-15-9-31-64(49)55(68)51(42-12-6-3-7-13-42)61-33-29-44(57)37-61/h2-7,10-13,16-27,38,44,48-51H,8-9,14-15,28-37H2,1H3,(H,58,65)(H,59,66). The minimum atomic E-state index is -0.984. The van der Waals surface area contributed by atoms with Gasteiger partial charge in [-0.3, -0.25) is 29.0 Å². The Balaban J connectivity index is 0.832. The number of alkyl halides is 1. The number of nitrogens with zero attached hydrogens (tertiary/aromatic N) is 5. The summed E-state index contributed by atoms with van der Waals surface area (Å²) in [5.41, 5.74) is 5.74.